The summed E-state index contributed by atoms with van der Waals surface area (Å²) in [5, 5.41) is 4.23. The van der Waals surface area contributed by atoms with Crippen molar-refractivity contribution in [2.45, 2.75) is 45.1 Å². The first-order chi connectivity index (χ1) is 12.5. The van der Waals surface area contributed by atoms with E-state index in [0.717, 1.165) is 11.3 Å². The lowest BCUT2D eigenvalue weighted by Crippen LogP contribution is -2.49. The van der Waals surface area contributed by atoms with Crippen LogP contribution in [-0.4, -0.2) is 23.9 Å². The van der Waals surface area contributed by atoms with Crippen molar-refractivity contribution >= 4 is 17.6 Å². The van der Waals surface area contributed by atoms with Gasteiger partial charge in [0.1, 0.15) is 5.71 Å². The maximum absolute atomic E-state index is 12.7. The van der Waals surface area contributed by atoms with E-state index in [4.69, 9.17) is 14.3 Å². The van der Waals surface area contributed by atoms with Crippen molar-refractivity contribution in [3.8, 4) is 11.5 Å². The minimum atomic E-state index is -0.284. The Morgan fingerprint density at radius 3 is 2.81 bits per heavy atom. The Labute approximate surface area is 153 Å². The zero-order valence-corrected chi connectivity index (χ0v) is 15.2. The topological polar surface area (TPSA) is 57.1 Å². The van der Waals surface area contributed by atoms with Gasteiger partial charge >= 0.3 is 0 Å². The van der Waals surface area contributed by atoms with Crippen LogP contribution in [0.3, 0.4) is 0 Å². The van der Waals surface area contributed by atoms with Crippen molar-refractivity contribution in [2.24, 2.45) is 22.4 Å². The first-order valence-electron chi connectivity index (χ1n) is 9.37. The summed E-state index contributed by atoms with van der Waals surface area (Å²) in [6.07, 6.45) is 7.68. The normalized spacial score (nSPS) is 33.1. The molecule has 0 aromatic heterocycles. The Bertz CT molecular complexity index is 840. The molecule has 2 heterocycles. The first-order valence-corrected chi connectivity index (χ1v) is 9.37. The summed E-state index contributed by atoms with van der Waals surface area (Å²) in [6, 6.07) is 5.64. The lowest BCUT2D eigenvalue weighted by Gasteiger charge is -2.44. The Balaban J connectivity index is 1.31. The third kappa shape index (κ3) is 2.09. The van der Waals surface area contributed by atoms with Crippen LogP contribution in [0.5, 0.6) is 11.5 Å². The molecule has 1 aromatic rings. The number of ether oxygens (including phenoxy) is 2. The molecular formula is C21H23NO4. The van der Waals surface area contributed by atoms with E-state index in [2.05, 4.69) is 19.0 Å². The van der Waals surface area contributed by atoms with E-state index in [1.807, 2.05) is 18.2 Å². The zero-order chi connectivity index (χ0) is 17.9. The zero-order valence-electron chi connectivity index (χ0n) is 15.2. The summed E-state index contributed by atoms with van der Waals surface area (Å²) in [6.45, 7) is 4.81. The van der Waals surface area contributed by atoms with Crippen LogP contribution in [0.1, 0.15) is 45.1 Å². The van der Waals surface area contributed by atoms with E-state index in [0.29, 0.717) is 29.7 Å². The minimum Gasteiger partial charge on any atom is -0.454 e. The molecule has 26 heavy (non-hydrogen) atoms. The van der Waals surface area contributed by atoms with Crippen LogP contribution in [0, 0.1) is 17.3 Å². The van der Waals surface area contributed by atoms with E-state index in [1.54, 1.807) is 12.2 Å². The van der Waals surface area contributed by atoms with Crippen LogP contribution in [0.15, 0.2) is 29.4 Å². The monoisotopic (exact) mass is 353 g/mol. The number of rotatable bonds is 3. The number of hydrogen-bond acceptors (Lipinski definition) is 5. The van der Waals surface area contributed by atoms with Gasteiger partial charge in [-0.2, -0.15) is 0 Å². The van der Waals surface area contributed by atoms with Crippen LogP contribution in [0.25, 0.3) is 6.08 Å². The maximum Gasteiger partial charge on any atom is 0.231 e. The highest BCUT2D eigenvalue weighted by Crippen LogP contribution is 2.65. The molecule has 2 fully saturated rings. The van der Waals surface area contributed by atoms with Gasteiger partial charge in [-0.15, -0.1) is 0 Å². The van der Waals surface area contributed by atoms with Crippen LogP contribution < -0.4 is 9.47 Å². The fourth-order valence-electron chi connectivity index (χ4n) is 5.36. The smallest absolute Gasteiger partial charge is 0.231 e. The number of ketones is 1. The van der Waals surface area contributed by atoms with E-state index in [-0.39, 0.29) is 23.6 Å². The molecule has 5 nitrogen and oxygen atoms in total. The molecule has 4 aliphatic rings. The summed E-state index contributed by atoms with van der Waals surface area (Å²) in [7, 11) is 0. The fraction of sp³-hybridized carbons (Fsp3) is 0.524. The molecule has 0 N–H and O–H groups in total. The van der Waals surface area contributed by atoms with Gasteiger partial charge in [-0.3, -0.25) is 4.79 Å². The number of benzene rings is 1. The number of carbonyl (C=O) groups excluding carboxylic acids is 1. The average Bonchev–Trinajstić information content (AvgIpc) is 3.39. The van der Waals surface area contributed by atoms with Crippen molar-refractivity contribution < 1.29 is 19.1 Å². The fourth-order valence-corrected chi connectivity index (χ4v) is 5.36. The van der Waals surface area contributed by atoms with Gasteiger partial charge in [0.25, 0.3) is 0 Å². The lowest BCUT2D eigenvalue weighted by atomic mass is 9.63. The van der Waals surface area contributed by atoms with Crippen LogP contribution in [-0.2, 0) is 9.63 Å². The SMILES string of the molecule is CC1(C)C2CCC(C2)C12CC(C(=O)/C=C/c1ccc3c(c1)OCO3)=NO2. The molecule has 0 saturated heterocycles. The second kappa shape index (κ2) is 5.35. The average molecular weight is 353 g/mol. The Morgan fingerprint density at radius 1 is 1.19 bits per heavy atom. The number of oxime groups is 1. The van der Waals surface area contributed by atoms with Crippen molar-refractivity contribution in [1.29, 1.82) is 0 Å². The number of nitrogens with zero attached hydrogens (tertiary/aromatic N) is 1. The summed E-state index contributed by atoms with van der Waals surface area (Å²) < 4.78 is 10.7. The molecule has 2 aliphatic heterocycles. The number of hydrogen-bond donors (Lipinski definition) is 0. The van der Waals surface area contributed by atoms with Crippen LogP contribution in [0.2, 0.25) is 0 Å². The minimum absolute atomic E-state index is 0.0712. The van der Waals surface area contributed by atoms with Gasteiger partial charge in [-0.25, -0.2) is 0 Å². The predicted octanol–water partition coefficient (Wildman–Crippen LogP) is 3.97. The second-order valence-electron chi connectivity index (χ2n) is 8.43. The molecular weight excluding hydrogens is 330 g/mol. The van der Waals surface area contributed by atoms with Gasteiger partial charge in [0.2, 0.25) is 12.6 Å². The summed E-state index contributed by atoms with van der Waals surface area (Å²) in [4.78, 5) is 18.6. The highest BCUT2D eigenvalue weighted by molar-refractivity contribution is 6.45. The van der Waals surface area contributed by atoms with E-state index in [9.17, 15) is 4.79 Å². The van der Waals surface area contributed by atoms with Gasteiger partial charge in [0.15, 0.2) is 17.1 Å². The molecule has 136 valence electrons. The predicted molar refractivity (Wildman–Crippen MR) is 97.1 cm³/mol. The maximum atomic E-state index is 12.7. The number of fused-ring (bicyclic) bond motifs is 4. The van der Waals surface area contributed by atoms with Gasteiger partial charge in [-0.05, 0) is 49.0 Å². The second-order valence-corrected chi connectivity index (χ2v) is 8.43. The first kappa shape index (κ1) is 15.9. The van der Waals surface area contributed by atoms with Crippen molar-refractivity contribution in [3.05, 3.63) is 29.8 Å². The molecule has 5 heteroatoms. The molecule has 3 atom stereocenters. The molecule has 2 saturated carbocycles. The summed E-state index contributed by atoms with van der Waals surface area (Å²) >= 11 is 0. The Kier molecular flexibility index (Phi) is 3.27. The van der Waals surface area contributed by atoms with Crippen molar-refractivity contribution in [1.82, 2.24) is 0 Å². The van der Waals surface area contributed by atoms with E-state index in [1.165, 1.54) is 19.3 Å². The summed E-state index contributed by atoms with van der Waals surface area (Å²) in [5.74, 6) is 2.58. The molecule has 2 aliphatic carbocycles. The van der Waals surface area contributed by atoms with E-state index >= 15 is 0 Å². The largest absolute Gasteiger partial charge is 0.454 e. The van der Waals surface area contributed by atoms with Crippen LogP contribution in [0.4, 0.5) is 0 Å². The quantitative estimate of drug-likeness (QED) is 0.772. The molecule has 1 spiro atoms. The molecule has 2 bridgehead atoms. The molecule has 0 radical (unpaired) electrons. The van der Waals surface area contributed by atoms with Crippen molar-refractivity contribution in [2.75, 3.05) is 6.79 Å². The van der Waals surface area contributed by atoms with Gasteiger partial charge in [0.05, 0.1) is 0 Å². The van der Waals surface area contributed by atoms with Crippen molar-refractivity contribution in [3.63, 3.8) is 0 Å². The van der Waals surface area contributed by atoms with Gasteiger partial charge in [0, 0.05) is 17.8 Å². The lowest BCUT2D eigenvalue weighted by molar-refractivity contribution is -0.135. The third-order valence-electron chi connectivity index (χ3n) is 7.06. The molecule has 5 rings (SSSR count). The highest BCUT2D eigenvalue weighted by atomic mass is 16.7. The summed E-state index contributed by atoms with van der Waals surface area (Å²) in [5.41, 5.74) is 1.23. The third-order valence-corrected chi connectivity index (χ3v) is 7.06. The van der Waals surface area contributed by atoms with Crippen LogP contribution >= 0.6 is 0 Å². The standard InChI is InChI=1S/C21H23NO4/c1-20(2)14-5-6-15(10-14)21(20)11-16(22-26-21)17(23)7-3-13-4-8-18-19(9-13)25-12-24-18/h3-4,7-9,14-15H,5-6,10-12H2,1-2H3/b7-3+. The molecule has 0 amide bonds. The number of allylic oxidation sites excluding steroid dienone is 1. The number of carbonyl (C=O) groups is 1. The van der Waals surface area contributed by atoms with E-state index < -0.39 is 0 Å². The molecule has 1 aromatic carbocycles. The van der Waals surface area contributed by atoms with Gasteiger partial charge in [-0.1, -0.05) is 31.1 Å². The highest BCUT2D eigenvalue weighted by Gasteiger charge is 2.67. The van der Waals surface area contributed by atoms with Gasteiger partial charge < -0.3 is 14.3 Å². The Hall–Kier alpha value is -2.30. The Morgan fingerprint density at radius 2 is 2.00 bits per heavy atom. The molecule has 3 unspecified atom stereocenters.